The fourth-order valence-electron chi connectivity index (χ4n) is 2.96. The molecule has 0 bridgehead atoms. The predicted octanol–water partition coefficient (Wildman–Crippen LogP) is -1.90. The molecule has 13 nitrogen and oxygen atoms in total. The number of thioether (sulfide) groups is 1. The smallest absolute Gasteiger partial charge is 0.326 e. The van der Waals surface area contributed by atoms with E-state index < -0.39 is 53.8 Å². The Morgan fingerprint density at radius 3 is 2.24 bits per heavy atom. The van der Waals surface area contributed by atoms with Gasteiger partial charge in [0, 0.05) is 18.3 Å². The summed E-state index contributed by atoms with van der Waals surface area (Å²) in [6.45, 7) is 3.38. The number of carboxylic acid groups (broad SMARTS) is 1. The molecule has 0 aromatic carbocycles. The van der Waals surface area contributed by atoms with E-state index >= 15 is 0 Å². The van der Waals surface area contributed by atoms with Gasteiger partial charge in [-0.1, -0.05) is 13.8 Å². The minimum absolute atomic E-state index is 0.0238. The van der Waals surface area contributed by atoms with Crippen LogP contribution in [0.2, 0.25) is 0 Å². The highest BCUT2D eigenvalue weighted by atomic mass is 32.2. The summed E-state index contributed by atoms with van der Waals surface area (Å²) in [5.41, 5.74) is 11.2. The first-order valence-electron chi connectivity index (χ1n) is 10.6. The van der Waals surface area contributed by atoms with Gasteiger partial charge in [-0.15, -0.1) is 0 Å². The van der Waals surface area contributed by atoms with Crippen LogP contribution in [0.4, 0.5) is 0 Å². The van der Waals surface area contributed by atoms with E-state index in [0.29, 0.717) is 11.4 Å². The Labute approximate surface area is 201 Å². The second kappa shape index (κ2) is 14.2. The van der Waals surface area contributed by atoms with Gasteiger partial charge in [0.05, 0.1) is 18.8 Å². The quantitative estimate of drug-likeness (QED) is 0.143. The van der Waals surface area contributed by atoms with Gasteiger partial charge in [0.1, 0.15) is 18.1 Å². The van der Waals surface area contributed by atoms with Crippen molar-refractivity contribution in [1.29, 1.82) is 0 Å². The number of carbonyl (C=O) groups is 5. The van der Waals surface area contributed by atoms with Gasteiger partial charge < -0.3 is 37.5 Å². The molecule has 0 aliphatic carbocycles. The Kier molecular flexibility index (Phi) is 12.1. The summed E-state index contributed by atoms with van der Waals surface area (Å²) in [7, 11) is 0. The molecule has 14 heteroatoms. The van der Waals surface area contributed by atoms with Crippen LogP contribution in [-0.4, -0.2) is 80.8 Å². The van der Waals surface area contributed by atoms with Crippen molar-refractivity contribution in [2.45, 2.75) is 57.3 Å². The number of rotatable bonds is 15. The average Bonchev–Trinajstić information content (AvgIpc) is 3.26. The lowest BCUT2D eigenvalue weighted by Gasteiger charge is -2.27. The van der Waals surface area contributed by atoms with Crippen LogP contribution >= 0.6 is 11.8 Å². The van der Waals surface area contributed by atoms with Crippen LogP contribution in [0.5, 0.6) is 0 Å². The normalized spacial score (nSPS) is 14.5. The lowest BCUT2D eigenvalue weighted by molar-refractivity contribution is -0.142. The van der Waals surface area contributed by atoms with Crippen molar-refractivity contribution in [2.24, 2.45) is 17.4 Å². The maximum Gasteiger partial charge on any atom is 0.326 e. The van der Waals surface area contributed by atoms with E-state index in [-0.39, 0.29) is 25.2 Å². The molecule has 4 atom stereocenters. The number of nitrogens with one attached hydrogen (secondary N) is 4. The van der Waals surface area contributed by atoms with Gasteiger partial charge in [-0.25, -0.2) is 9.78 Å². The predicted molar refractivity (Wildman–Crippen MR) is 125 cm³/mol. The molecule has 1 rings (SSSR count). The van der Waals surface area contributed by atoms with Crippen LogP contribution in [0, 0.1) is 5.92 Å². The number of aromatic nitrogens is 2. The number of imidazole rings is 1. The summed E-state index contributed by atoms with van der Waals surface area (Å²) in [6, 6.07) is -4.55. The molecule has 9 N–H and O–H groups in total. The summed E-state index contributed by atoms with van der Waals surface area (Å²) in [6.07, 6.45) is 4.51. The van der Waals surface area contributed by atoms with E-state index in [2.05, 4.69) is 25.9 Å². The first-order chi connectivity index (χ1) is 16.0. The molecule has 0 aliphatic heterocycles. The molecule has 0 aliphatic rings. The van der Waals surface area contributed by atoms with E-state index in [9.17, 15) is 29.1 Å². The fourth-order valence-corrected chi connectivity index (χ4v) is 3.43. The number of nitrogens with two attached hydrogens (primary N) is 2. The zero-order chi connectivity index (χ0) is 25.8. The second-order valence-electron chi connectivity index (χ2n) is 8.03. The molecule has 190 valence electrons. The highest BCUT2D eigenvalue weighted by molar-refractivity contribution is 7.98. The van der Waals surface area contributed by atoms with E-state index in [4.69, 9.17) is 11.5 Å². The fraction of sp³-hybridized carbons (Fsp3) is 0.600. The van der Waals surface area contributed by atoms with Crippen molar-refractivity contribution < 1.29 is 29.1 Å². The number of aromatic amines is 1. The van der Waals surface area contributed by atoms with E-state index in [0.717, 1.165) is 0 Å². The topological polar surface area (TPSA) is 222 Å². The van der Waals surface area contributed by atoms with Crippen LogP contribution in [0.3, 0.4) is 0 Å². The van der Waals surface area contributed by atoms with Crippen LogP contribution in [-0.2, 0) is 30.4 Å². The molecule has 0 radical (unpaired) electrons. The van der Waals surface area contributed by atoms with Crippen molar-refractivity contribution in [2.75, 3.05) is 12.0 Å². The number of carboxylic acids is 1. The third-order valence-corrected chi connectivity index (χ3v) is 5.49. The van der Waals surface area contributed by atoms with Crippen LogP contribution in [0.15, 0.2) is 12.5 Å². The number of nitrogens with zero attached hydrogens (tertiary/aromatic N) is 1. The van der Waals surface area contributed by atoms with Gasteiger partial charge in [0.2, 0.25) is 23.6 Å². The monoisotopic (exact) mass is 499 g/mol. The number of aliphatic carboxylic acids is 1. The second-order valence-corrected chi connectivity index (χ2v) is 9.02. The lowest BCUT2D eigenvalue weighted by atomic mass is 10.0. The maximum absolute atomic E-state index is 12.9. The van der Waals surface area contributed by atoms with Crippen molar-refractivity contribution in [3.05, 3.63) is 18.2 Å². The van der Waals surface area contributed by atoms with E-state index in [1.165, 1.54) is 24.3 Å². The maximum atomic E-state index is 12.9. The van der Waals surface area contributed by atoms with Gasteiger partial charge in [0.15, 0.2) is 0 Å². The minimum Gasteiger partial charge on any atom is -0.480 e. The Morgan fingerprint density at radius 1 is 1.09 bits per heavy atom. The van der Waals surface area contributed by atoms with Gasteiger partial charge in [-0.3, -0.25) is 19.2 Å². The zero-order valence-corrected chi connectivity index (χ0v) is 20.2. The third kappa shape index (κ3) is 9.79. The number of H-pyrrole nitrogens is 1. The molecule has 4 unspecified atom stereocenters. The number of hydrogen-bond donors (Lipinski definition) is 7. The minimum atomic E-state index is -1.25. The molecular weight excluding hydrogens is 466 g/mol. The Hall–Kier alpha value is -3.13. The van der Waals surface area contributed by atoms with Crippen molar-refractivity contribution in [3.63, 3.8) is 0 Å². The summed E-state index contributed by atoms with van der Waals surface area (Å²) >= 11 is 1.45. The summed E-state index contributed by atoms with van der Waals surface area (Å²) in [5, 5.41) is 17.0. The first kappa shape index (κ1) is 28.9. The third-order valence-electron chi connectivity index (χ3n) is 4.84. The Balaban J connectivity index is 2.91. The summed E-state index contributed by atoms with van der Waals surface area (Å²) < 4.78 is 0. The largest absolute Gasteiger partial charge is 0.480 e. The van der Waals surface area contributed by atoms with Crippen molar-refractivity contribution in [1.82, 2.24) is 25.9 Å². The highest BCUT2D eigenvalue weighted by Gasteiger charge is 2.32. The molecule has 4 amide bonds. The lowest BCUT2D eigenvalue weighted by Crippen LogP contribution is -2.58. The Morgan fingerprint density at radius 2 is 1.74 bits per heavy atom. The average molecular weight is 500 g/mol. The standard InChI is InChI=1S/C20H33N7O6S/c1-10(2)16(19(31)26-14(20(32)33)6-11-8-23-9-24-11)27-18(30)13(4-5-34-3)25-17(29)12(21)7-15(22)28/h8-10,12-14,16H,4-7,21H2,1-3H3,(H2,22,28)(H,23,24)(H,25,29)(H,26,31)(H,27,30)(H,32,33). The number of carbonyl (C=O) groups excluding carboxylic acids is 4. The Bertz CT molecular complexity index is 848. The highest BCUT2D eigenvalue weighted by Crippen LogP contribution is 2.08. The van der Waals surface area contributed by atoms with Crippen LogP contribution in [0.25, 0.3) is 0 Å². The molecule has 0 saturated carbocycles. The first-order valence-corrected chi connectivity index (χ1v) is 12.0. The van der Waals surface area contributed by atoms with Gasteiger partial charge in [-0.2, -0.15) is 11.8 Å². The number of hydrogen-bond acceptors (Lipinski definition) is 8. The summed E-state index contributed by atoms with van der Waals surface area (Å²) in [4.78, 5) is 67.4. The van der Waals surface area contributed by atoms with Crippen molar-refractivity contribution >= 4 is 41.4 Å². The molecule has 0 fully saturated rings. The van der Waals surface area contributed by atoms with Gasteiger partial charge in [-0.05, 0) is 24.3 Å². The molecular formula is C20H33N7O6S. The molecule has 0 saturated heterocycles. The molecule has 0 spiro atoms. The number of amides is 4. The van der Waals surface area contributed by atoms with E-state index in [1.807, 2.05) is 6.26 Å². The molecule has 1 aromatic rings. The van der Waals surface area contributed by atoms with Gasteiger partial charge >= 0.3 is 5.97 Å². The van der Waals surface area contributed by atoms with E-state index in [1.54, 1.807) is 13.8 Å². The molecule has 1 aromatic heterocycles. The van der Waals surface area contributed by atoms with Crippen LogP contribution in [0.1, 0.15) is 32.4 Å². The van der Waals surface area contributed by atoms with Crippen molar-refractivity contribution in [3.8, 4) is 0 Å². The SMILES string of the molecule is CSCCC(NC(=O)C(N)CC(N)=O)C(=O)NC(C(=O)NC(Cc1cnc[nH]1)C(=O)O)C(C)C. The number of primary amides is 1. The zero-order valence-electron chi connectivity index (χ0n) is 19.4. The summed E-state index contributed by atoms with van der Waals surface area (Å²) in [5.74, 6) is -3.92. The van der Waals surface area contributed by atoms with Crippen LogP contribution < -0.4 is 27.4 Å². The molecule has 1 heterocycles. The molecule has 34 heavy (non-hydrogen) atoms. The van der Waals surface area contributed by atoms with Gasteiger partial charge in [0.25, 0.3) is 0 Å².